The lowest BCUT2D eigenvalue weighted by atomic mass is 9.89. The molecule has 1 heterocycles. The number of nitrogens with zero attached hydrogens (tertiary/aromatic N) is 2. The minimum atomic E-state index is -0.909. The molecule has 0 aromatic heterocycles. The van der Waals surface area contributed by atoms with E-state index in [2.05, 4.69) is 4.99 Å². The molecule has 110 valence electrons. The number of nitrogen functional groups attached to an aromatic ring is 1. The van der Waals surface area contributed by atoms with Crippen molar-refractivity contribution >= 4 is 29.8 Å². The number of amidine groups is 1. The van der Waals surface area contributed by atoms with Crippen LogP contribution in [0.2, 0.25) is 0 Å². The Morgan fingerprint density at radius 3 is 2.70 bits per heavy atom. The number of aliphatic imine (C=N–C) groups is 1. The van der Waals surface area contributed by atoms with Gasteiger partial charge in [-0.15, -0.1) is 12.4 Å². The summed E-state index contributed by atoms with van der Waals surface area (Å²) >= 11 is 0. The lowest BCUT2D eigenvalue weighted by molar-refractivity contribution is -0.125. The topological polar surface area (TPSA) is 84.7 Å². The van der Waals surface area contributed by atoms with Crippen LogP contribution in [0.4, 0.5) is 10.1 Å². The number of carbonyl (C=O) groups excluding carboxylic acids is 1. The number of nitrogens with two attached hydrogens (primary N) is 2. The zero-order valence-corrected chi connectivity index (χ0v) is 12.2. The smallest absolute Gasteiger partial charge is 0.288 e. The molecule has 0 saturated carbocycles. The van der Waals surface area contributed by atoms with Crippen LogP contribution >= 0.6 is 12.4 Å². The molecule has 0 radical (unpaired) electrons. The molecule has 1 aromatic carbocycles. The van der Waals surface area contributed by atoms with Crippen molar-refractivity contribution in [3.05, 3.63) is 29.6 Å². The van der Waals surface area contributed by atoms with Crippen LogP contribution in [0.3, 0.4) is 0 Å². The maximum Gasteiger partial charge on any atom is 0.288 e. The van der Waals surface area contributed by atoms with Gasteiger partial charge in [0.05, 0.1) is 6.54 Å². The van der Waals surface area contributed by atoms with Crippen LogP contribution < -0.4 is 11.5 Å². The highest BCUT2D eigenvalue weighted by Gasteiger charge is 2.38. The summed E-state index contributed by atoms with van der Waals surface area (Å²) in [6.45, 7) is 4.36. The second-order valence-electron chi connectivity index (χ2n) is 4.83. The Morgan fingerprint density at radius 1 is 1.45 bits per heavy atom. The predicted octanol–water partition coefficient (Wildman–Crippen LogP) is 1.26. The monoisotopic (exact) mass is 300 g/mol. The molecule has 5 nitrogen and oxygen atoms in total. The van der Waals surface area contributed by atoms with Gasteiger partial charge in [0.2, 0.25) is 0 Å². The number of benzene rings is 1. The van der Waals surface area contributed by atoms with Gasteiger partial charge < -0.3 is 16.4 Å². The summed E-state index contributed by atoms with van der Waals surface area (Å²) in [5.74, 6) is -0.819. The van der Waals surface area contributed by atoms with E-state index in [9.17, 15) is 9.18 Å². The van der Waals surface area contributed by atoms with Gasteiger partial charge in [0, 0.05) is 17.8 Å². The number of halogens is 2. The molecular formula is C13H18ClFN4O. The van der Waals surface area contributed by atoms with Crippen molar-refractivity contribution in [2.24, 2.45) is 10.7 Å². The Morgan fingerprint density at radius 2 is 2.10 bits per heavy atom. The van der Waals surface area contributed by atoms with Crippen molar-refractivity contribution in [2.75, 3.05) is 18.8 Å². The molecule has 1 amide bonds. The fourth-order valence-corrected chi connectivity index (χ4v) is 2.31. The second-order valence-corrected chi connectivity index (χ2v) is 4.83. The van der Waals surface area contributed by atoms with Gasteiger partial charge in [-0.2, -0.15) is 0 Å². The summed E-state index contributed by atoms with van der Waals surface area (Å²) in [7, 11) is 0. The van der Waals surface area contributed by atoms with Crippen molar-refractivity contribution in [1.82, 2.24) is 4.90 Å². The predicted molar refractivity (Wildman–Crippen MR) is 79.3 cm³/mol. The highest BCUT2D eigenvalue weighted by Crippen LogP contribution is 2.32. The number of rotatable bonds is 2. The third-order valence-electron chi connectivity index (χ3n) is 3.32. The molecule has 0 fully saturated rings. The van der Waals surface area contributed by atoms with E-state index in [4.69, 9.17) is 11.5 Å². The van der Waals surface area contributed by atoms with Gasteiger partial charge in [0.25, 0.3) is 5.91 Å². The van der Waals surface area contributed by atoms with Gasteiger partial charge in [-0.25, -0.2) is 4.39 Å². The highest BCUT2D eigenvalue weighted by molar-refractivity contribution is 6.37. The maximum absolute atomic E-state index is 14.0. The Balaban J connectivity index is 0.00000200. The van der Waals surface area contributed by atoms with Crippen molar-refractivity contribution in [3.63, 3.8) is 0 Å². The first-order valence-corrected chi connectivity index (χ1v) is 6.07. The fourth-order valence-electron chi connectivity index (χ4n) is 2.31. The van der Waals surface area contributed by atoms with Crippen LogP contribution in [0, 0.1) is 5.82 Å². The Hall–Kier alpha value is -1.82. The van der Waals surface area contributed by atoms with Crippen molar-refractivity contribution in [1.29, 1.82) is 0 Å². The summed E-state index contributed by atoms with van der Waals surface area (Å²) in [4.78, 5) is 17.5. The summed E-state index contributed by atoms with van der Waals surface area (Å²) < 4.78 is 14.0. The van der Waals surface area contributed by atoms with Crippen LogP contribution in [-0.4, -0.2) is 29.7 Å². The lowest BCUT2D eigenvalue weighted by Crippen LogP contribution is -2.52. The van der Waals surface area contributed by atoms with E-state index in [0.29, 0.717) is 17.8 Å². The number of carbonyl (C=O) groups is 1. The molecule has 2 rings (SSSR count). The Bertz CT molecular complexity index is 563. The van der Waals surface area contributed by atoms with E-state index in [0.717, 1.165) is 0 Å². The van der Waals surface area contributed by atoms with Gasteiger partial charge in [-0.3, -0.25) is 9.79 Å². The minimum absolute atomic E-state index is 0. The normalized spacial score (nSPS) is 22.2. The number of likely N-dealkylation sites (N-methyl/N-ethyl adjacent to an activating group) is 1. The first kappa shape index (κ1) is 16.2. The van der Waals surface area contributed by atoms with Crippen LogP contribution in [0.15, 0.2) is 23.2 Å². The maximum atomic E-state index is 14.0. The minimum Gasteiger partial charge on any atom is -0.399 e. The van der Waals surface area contributed by atoms with E-state index in [1.54, 1.807) is 11.8 Å². The fraction of sp³-hybridized carbons (Fsp3) is 0.385. The molecule has 1 atom stereocenters. The Labute approximate surface area is 123 Å². The third kappa shape index (κ3) is 2.70. The zero-order valence-electron chi connectivity index (χ0n) is 11.4. The van der Waals surface area contributed by atoms with E-state index in [-0.39, 0.29) is 30.7 Å². The molecule has 7 heteroatoms. The number of amides is 1. The first-order valence-electron chi connectivity index (χ1n) is 6.07. The summed E-state index contributed by atoms with van der Waals surface area (Å²) in [6, 6.07) is 4.32. The zero-order chi connectivity index (χ0) is 14.2. The largest absolute Gasteiger partial charge is 0.399 e. The Kier molecular flexibility index (Phi) is 4.60. The molecule has 0 aliphatic carbocycles. The standard InChI is InChI=1S/C13H17FN4O.ClH/c1-3-18-7-13(2,17-11(16)12(18)19)9-6-8(15)4-5-10(9)14;/h4-6H,3,7,15H2,1-2H3,(H2,16,17);1H. The average molecular weight is 301 g/mol. The molecule has 1 aliphatic heterocycles. The average Bonchev–Trinajstić information content (AvgIpc) is 2.36. The van der Waals surface area contributed by atoms with Crippen molar-refractivity contribution in [2.45, 2.75) is 19.4 Å². The van der Waals surface area contributed by atoms with Gasteiger partial charge in [0.1, 0.15) is 11.4 Å². The molecule has 0 saturated heterocycles. The molecule has 1 aliphatic rings. The quantitative estimate of drug-likeness (QED) is 0.807. The number of anilines is 1. The molecule has 20 heavy (non-hydrogen) atoms. The van der Waals surface area contributed by atoms with Crippen LogP contribution in [0.1, 0.15) is 19.4 Å². The van der Waals surface area contributed by atoms with E-state index >= 15 is 0 Å². The van der Waals surface area contributed by atoms with Crippen LogP contribution in [0.5, 0.6) is 0 Å². The molecule has 0 spiro atoms. The second kappa shape index (κ2) is 5.66. The van der Waals surface area contributed by atoms with Crippen LogP contribution in [0.25, 0.3) is 0 Å². The van der Waals surface area contributed by atoms with Gasteiger partial charge in [0.15, 0.2) is 5.84 Å². The molecule has 0 bridgehead atoms. The lowest BCUT2D eigenvalue weighted by Gasteiger charge is -2.37. The summed E-state index contributed by atoms with van der Waals surface area (Å²) in [5, 5.41) is 0. The first-order chi connectivity index (χ1) is 8.87. The van der Waals surface area contributed by atoms with Gasteiger partial charge in [-0.1, -0.05) is 0 Å². The van der Waals surface area contributed by atoms with Gasteiger partial charge >= 0.3 is 0 Å². The molecule has 4 N–H and O–H groups in total. The van der Waals surface area contributed by atoms with E-state index < -0.39 is 11.4 Å². The SMILES string of the molecule is CCN1CC(C)(c2cc(N)ccc2F)N=C(N)C1=O.Cl. The van der Waals surface area contributed by atoms with Gasteiger partial charge in [-0.05, 0) is 32.0 Å². The third-order valence-corrected chi connectivity index (χ3v) is 3.32. The molecule has 1 unspecified atom stereocenters. The number of hydrogen-bond donors (Lipinski definition) is 2. The highest BCUT2D eigenvalue weighted by atomic mass is 35.5. The van der Waals surface area contributed by atoms with Crippen LogP contribution in [-0.2, 0) is 10.3 Å². The summed E-state index contributed by atoms with van der Waals surface area (Å²) in [5.41, 5.74) is 11.2. The molecular weight excluding hydrogens is 283 g/mol. The van der Waals surface area contributed by atoms with E-state index in [1.165, 1.54) is 18.2 Å². The van der Waals surface area contributed by atoms with Crippen molar-refractivity contribution in [3.8, 4) is 0 Å². The molecule has 1 aromatic rings. The summed E-state index contributed by atoms with van der Waals surface area (Å²) in [6.07, 6.45) is 0. The van der Waals surface area contributed by atoms with Crippen molar-refractivity contribution < 1.29 is 9.18 Å². The number of hydrogen-bond acceptors (Lipinski definition) is 4. The van der Waals surface area contributed by atoms with E-state index in [1.807, 2.05) is 6.92 Å².